The highest BCUT2D eigenvalue weighted by molar-refractivity contribution is 7.99. The van der Waals surface area contributed by atoms with E-state index >= 15 is 0 Å². The van der Waals surface area contributed by atoms with Crippen LogP contribution in [0.4, 0.5) is 5.69 Å². The molecule has 1 aliphatic rings. The van der Waals surface area contributed by atoms with Gasteiger partial charge < -0.3 is 15.0 Å². The van der Waals surface area contributed by atoms with Gasteiger partial charge in [-0.25, -0.2) is 0 Å². The van der Waals surface area contributed by atoms with Crippen LogP contribution in [0.3, 0.4) is 0 Å². The Kier molecular flexibility index (Phi) is 6.62. The number of thioether (sulfide) groups is 1. The van der Waals surface area contributed by atoms with Crippen molar-refractivity contribution in [1.29, 1.82) is 0 Å². The van der Waals surface area contributed by atoms with E-state index in [-0.39, 0.29) is 18.2 Å². The Balaban J connectivity index is 1.65. The predicted molar refractivity (Wildman–Crippen MR) is 114 cm³/mol. The van der Waals surface area contributed by atoms with E-state index in [1.54, 1.807) is 13.2 Å². The van der Waals surface area contributed by atoms with E-state index in [0.29, 0.717) is 5.56 Å². The van der Waals surface area contributed by atoms with Gasteiger partial charge in [-0.05, 0) is 54.8 Å². The molecule has 5 nitrogen and oxygen atoms in total. The predicted octanol–water partition coefficient (Wildman–Crippen LogP) is 3.68. The minimum Gasteiger partial charge on any atom is -0.496 e. The maximum Gasteiger partial charge on any atom is 0.253 e. The molecule has 1 heterocycles. The molecule has 0 radical (unpaired) electrons. The number of methoxy groups -OCH3 is 1. The van der Waals surface area contributed by atoms with Crippen LogP contribution in [-0.2, 0) is 11.2 Å². The average Bonchev–Trinajstić information content (AvgIpc) is 2.71. The summed E-state index contributed by atoms with van der Waals surface area (Å²) in [6.45, 7) is 5.47. The van der Waals surface area contributed by atoms with Crippen molar-refractivity contribution in [3.8, 4) is 5.75 Å². The molecule has 0 bridgehead atoms. The Morgan fingerprint density at radius 3 is 2.50 bits per heavy atom. The summed E-state index contributed by atoms with van der Waals surface area (Å²) >= 11 is 1.88. The van der Waals surface area contributed by atoms with Crippen molar-refractivity contribution in [3.05, 3.63) is 58.7 Å². The van der Waals surface area contributed by atoms with Crippen molar-refractivity contribution in [2.75, 3.05) is 37.0 Å². The second kappa shape index (κ2) is 9.15. The van der Waals surface area contributed by atoms with E-state index in [9.17, 15) is 9.59 Å². The zero-order chi connectivity index (χ0) is 20.1. The SMILES string of the molecule is COc1cc(CC(=O)Nc2ccc(C(=O)N3CCSCC3)cc2C)ccc1C. The van der Waals surface area contributed by atoms with E-state index < -0.39 is 0 Å². The number of aryl methyl sites for hydroxylation is 2. The van der Waals surface area contributed by atoms with Crippen molar-refractivity contribution < 1.29 is 14.3 Å². The average molecular weight is 399 g/mol. The molecule has 1 saturated heterocycles. The third-order valence-corrected chi connectivity index (χ3v) is 5.83. The van der Waals surface area contributed by atoms with Crippen molar-refractivity contribution in [1.82, 2.24) is 4.90 Å². The van der Waals surface area contributed by atoms with Gasteiger partial charge in [-0.15, -0.1) is 0 Å². The second-order valence-corrected chi connectivity index (χ2v) is 8.19. The molecule has 0 saturated carbocycles. The minimum atomic E-state index is -0.0962. The van der Waals surface area contributed by atoms with Crippen LogP contribution >= 0.6 is 11.8 Å². The molecule has 2 aromatic rings. The van der Waals surface area contributed by atoms with Gasteiger partial charge in [-0.3, -0.25) is 9.59 Å². The number of ether oxygens (including phenoxy) is 1. The molecule has 2 amide bonds. The molecule has 6 heteroatoms. The molecule has 0 atom stereocenters. The summed E-state index contributed by atoms with van der Waals surface area (Å²) in [6, 6.07) is 11.2. The number of nitrogens with zero attached hydrogens (tertiary/aromatic N) is 1. The molecule has 3 rings (SSSR count). The lowest BCUT2D eigenvalue weighted by atomic mass is 10.1. The Bertz CT molecular complexity index is 876. The van der Waals surface area contributed by atoms with Gasteiger partial charge in [0.05, 0.1) is 13.5 Å². The number of carbonyl (C=O) groups excluding carboxylic acids is 2. The molecular formula is C22H26N2O3S. The highest BCUT2D eigenvalue weighted by atomic mass is 32.2. The maximum atomic E-state index is 12.6. The summed E-state index contributed by atoms with van der Waals surface area (Å²) in [5.74, 6) is 2.72. The zero-order valence-corrected chi connectivity index (χ0v) is 17.4. The minimum absolute atomic E-state index is 0.0630. The third kappa shape index (κ3) is 4.87. The van der Waals surface area contributed by atoms with Crippen LogP contribution in [-0.4, -0.2) is 48.4 Å². The maximum absolute atomic E-state index is 12.6. The van der Waals surface area contributed by atoms with Gasteiger partial charge in [-0.1, -0.05) is 12.1 Å². The lowest BCUT2D eigenvalue weighted by Crippen LogP contribution is -2.37. The van der Waals surface area contributed by atoms with E-state index in [0.717, 1.165) is 52.7 Å². The number of benzene rings is 2. The number of hydrogen-bond donors (Lipinski definition) is 1. The number of rotatable bonds is 5. The van der Waals surface area contributed by atoms with E-state index in [4.69, 9.17) is 4.74 Å². The highest BCUT2D eigenvalue weighted by Crippen LogP contribution is 2.22. The first-order valence-electron chi connectivity index (χ1n) is 9.39. The largest absolute Gasteiger partial charge is 0.496 e. The number of carbonyl (C=O) groups is 2. The van der Waals surface area contributed by atoms with E-state index in [2.05, 4.69) is 5.32 Å². The van der Waals surface area contributed by atoms with Gasteiger partial charge in [-0.2, -0.15) is 11.8 Å². The quantitative estimate of drug-likeness (QED) is 0.835. The number of hydrogen-bond acceptors (Lipinski definition) is 4. The van der Waals surface area contributed by atoms with Crippen LogP contribution in [0.2, 0.25) is 0 Å². The van der Waals surface area contributed by atoms with Crippen LogP contribution in [0.25, 0.3) is 0 Å². The van der Waals surface area contributed by atoms with Crippen LogP contribution in [0.15, 0.2) is 36.4 Å². The first kappa shape index (κ1) is 20.3. The fourth-order valence-corrected chi connectivity index (χ4v) is 4.14. The summed E-state index contributed by atoms with van der Waals surface area (Å²) in [4.78, 5) is 27.0. The summed E-state index contributed by atoms with van der Waals surface area (Å²) in [6.07, 6.45) is 0.266. The van der Waals surface area contributed by atoms with Crippen molar-refractivity contribution >= 4 is 29.3 Å². The summed E-state index contributed by atoms with van der Waals surface area (Å²) in [7, 11) is 1.63. The molecule has 0 aliphatic carbocycles. The first-order chi connectivity index (χ1) is 13.5. The molecule has 0 unspecified atom stereocenters. The molecule has 2 aromatic carbocycles. The van der Waals surface area contributed by atoms with Crippen LogP contribution in [0, 0.1) is 13.8 Å². The third-order valence-electron chi connectivity index (χ3n) is 4.88. The zero-order valence-electron chi connectivity index (χ0n) is 16.6. The van der Waals surface area contributed by atoms with Gasteiger partial charge in [0.15, 0.2) is 0 Å². The van der Waals surface area contributed by atoms with Gasteiger partial charge in [0.1, 0.15) is 5.75 Å². The smallest absolute Gasteiger partial charge is 0.253 e. The molecule has 148 valence electrons. The Morgan fingerprint density at radius 2 is 1.82 bits per heavy atom. The normalized spacial score (nSPS) is 13.9. The molecule has 1 aliphatic heterocycles. The summed E-state index contributed by atoms with van der Waals surface area (Å²) < 4.78 is 5.32. The Labute approximate surface area is 170 Å². The monoisotopic (exact) mass is 398 g/mol. The first-order valence-corrected chi connectivity index (χ1v) is 10.5. The summed E-state index contributed by atoms with van der Waals surface area (Å²) in [5, 5.41) is 2.95. The topological polar surface area (TPSA) is 58.6 Å². The standard InChI is InChI=1S/C22H26N2O3S/c1-15-4-5-17(13-20(15)27-3)14-21(25)23-19-7-6-18(12-16(19)2)22(26)24-8-10-28-11-9-24/h4-7,12-13H,8-11,14H2,1-3H3,(H,23,25). The molecule has 0 spiro atoms. The van der Waals surface area contributed by atoms with E-state index in [1.165, 1.54) is 0 Å². The van der Waals surface area contributed by atoms with Crippen molar-refractivity contribution in [2.45, 2.75) is 20.3 Å². The van der Waals surface area contributed by atoms with Crippen LogP contribution in [0.5, 0.6) is 5.75 Å². The number of anilines is 1. The van der Waals surface area contributed by atoms with Gasteiger partial charge >= 0.3 is 0 Å². The summed E-state index contributed by atoms with van der Waals surface area (Å²) in [5.41, 5.74) is 4.22. The fraction of sp³-hybridized carbons (Fsp3) is 0.364. The van der Waals surface area contributed by atoms with Gasteiger partial charge in [0.25, 0.3) is 5.91 Å². The van der Waals surface area contributed by atoms with Crippen molar-refractivity contribution in [2.24, 2.45) is 0 Å². The Hall–Kier alpha value is -2.47. The second-order valence-electron chi connectivity index (χ2n) is 6.96. The number of nitrogens with one attached hydrogen (secondary N) is 1. The highest BCUT2D eigenvalue weighted by Gasteiger charge is 2.19. The lowest BCUT2D eigenvalue weighted by Gasteiger charge is -2.26. The molecular weight excluding hydrogens is 372 g/mol. The van der Waals surface area contributed by atoms with Gasteiger partial charge in [0.2, 0.25) is 5.91 Å². The molecule has 1 N–H and O–H groups in total. The van der Waals surface area contributed by atoms with Gasteiger partial charge in [0, 0.05) is 35.8 Å². The number of amides is 2. The Morgan fingerprint density at radius 1 is 1.07 bits per heavy atom. The van der Waals surface area contributed by atoms with E-state index in [1.807, 2.05) is 60.8 Å². The van der Waals surface area contributed by atoms with Crippen molar-refractivity contribution in [3.63, 3.8) is 0 Å². The molecule has 28 heavy (non-hydrogen) atoms. The lowest BCUT2D eigenvalue weighted by molar-refractivity contribution is -0.115. The molecule has 0 aromatic heterocycles. The van der Waals surface area contributed by atoms with Crippen LogP contribution in [0.1, 0.15) is 27.0 Å². The fourth-order valence-electron chi connectivity index (χ4n) is 3.24. The molecule has 1 fully saturated rings. The van der Waals surface area contributed by atoms with Crippen LogP contribution < -0.4 is 10.1 Å².